The van der Waals surface area contributed by atoms with Crippen LogP contribution < -0.4 is 14.4 Å². The van der Waals surface area contributed by atoms with Crippen molar-refractivity contribution in [2.75, 3.05) is 4.90 Å². The van der Waals surface area contributed by atoms with Gasteiger partial charge in [0, 0.05) is 27.7 Å². The highest BCUT2D eigenvalue weighted by Gasteiger charge is 2.35. The van der Waals surface area contributed by atoms with E-state index in [1.165, 1.54) is 33.0 Å². The second-order valence-corrected chi connectivity index (χ2v) is 12.6. The largest absolute Gasteiger partial charge is 0.449 e. The van der Waals surface area contributed by atoms with Gasteiger partial charge in [-0.05, 0) is 81.7 Å². The van der Waals surface area contributed by atoms with E-state index in [4.69, 9.17) is 9.47 Å². The number of ether oxygens (including phenoxy) is 2. The van der Waals surface area contributed by atoms with Gasteiger partial charge >= 0.3 is 0 Å². The predicted octanol–water partition coefficient (Wildman–Crippen LogP) is 12.2. The van der Waals surface area contributed by atoms with Gasteiger partial charge in [0.15, 0.2) is 23.0 Å². The van der Waals surface area contributed by atoms with Gasteiger partial charge in [-0.1, -0.05) is 117 Å². The second kappa shape index (κ2) is 10.1. The maximum Gasteiger partial charge on any atom is 0.177 e. The minimum atomic E-state index is -0.0939. The van der Waals surface area contributed by atoms with Gasteiger partial charge in [-0.25, -0.2) is 0 Å². The average Bonchev–Trinajstić information content (AvgIpc) is 3.33. The van der Waals surface area contributed by atoms with Crippen LogP contribution in [-0.4, -0.2) is 0 Å². The standard InChI is InChI=1S/C43H31NO2/c1-43(2)36-16-6-5-14-34(36)35-26-25-31(27-37(35)43)44(38-17-9-12-28-11-3-4-13-32(28)38)30-23-21-29(22-24-30)33-15-10-20-41-42(33)46-40-19-8-7-18-39(40)45-41/h3-27H,1-2H3. The number of benzene rings is 7. The fourth-order valence-electron chi connectivity index (χ4n) is 7.23. The van der Waals surface area contributed by atoms with E-state index < -0.39 is 0 Å². The molecule has 0 aromatic heterocycles. The molecule has 220 valence electrons. The first kappa shape index (κ1) is 26.6. The van der Waals surface area contributed by atoms with Gasteiger partial charge in [-0.15, -0.1) is 0 Å². The molecule has 0 amide bonds. The van der Waals surface area contributed by atoms with Gasteiger partial charge in [-0.2, -0.15) is 0 Å². The van der Waals surface area contributed by atoms with Crippen molar-refractivity contribution < 1.29 is 9.47 Å². The molecule has 3 heteroatoms. The molecule has 0 bridgehead atoms. The van der Waals surface area contributed by atoms with E-state index in [-0.39, 0.29) is 5.41 Å². The lowest BCUT2D eigenvalue weighted by Crippen LogP contribution is -2.16. The summed E-state index contributed by atoms with van der Waals surface area (Å²) in [5.74, 6) is 2.91. The van der Waals surface area contributed by atoms with E-state index in [0.717, 1.165) is 51.2 Å². The Kier molecular flexibility index (Phi) is 5.85. The molecule has 9 rings (SSSR count). The molecule has 0 fully saturated rings. The molecule has 0 saturated heterocycles. The lowest BCUT2D eigenvalue weighted by molar-refractivity contribution is 0.361. The van der Waals surface area contributed by atoms with E-state index in [1.807, 2.05) is 36.4 Å². The van der Waals surface area contributed by atoms with Crippen LogP contribution in [0, 0.1) is 0 Å². The fraction of sp³-hybridized carbons (Fsp3) is 0.0698. The van der Waals surface area contributed by atoms with Gasteiger partial charge < -0.3 is 14.4 Å². The van der Waals surface area contributed by atoms with Gasteiger partial charge in [-0.3, -0.25) is 0 Å². The maximum atomic E-state index is 6.38. The Morgan fingerprint density at radius 1 is 0.478 bits per heavy atom. The molecule has 7 aromatic carbocycles. The monoisotopic (exact) mass is 593 g/mol. The zero-order chi connectivity index (χ0) is 30.8. The molecule has 0 saturated carbocycles. The molecule has 46 heavy (non-hydrogen) atoms. The van der Waals surface area contributed by atoms with Crippen LogP contribution in [0.1, 0.15) is 25.0 Å². The summed E-state index contributed by atoms with van der Waals surface area (Å²) in [6, 6.07) is 53.6. The molecule has 0 spiro atoms. The van der Waals surface area contributed by atoms with Crippen LogP contribution in [0.2, 0.25) is 0 Å². The molecule has 1 heterocycles. The van der Waals surface area contributed by atoms with Crippen LogP contribution in [0.15, 0.2) is 152 Å². The third-order valence-electron chi connectivity index (χ3n) is 9.53. The van der Waals surface area contributed by atoms with E-state index in [0.29, 0.717) is 0 Å². The molecular weight excluding hydrogens is 562 g/mol. The number of para-hydroxylation sites is 3. The highest BCUT2D eigenvalue weighted by molar-refractivity contribution is 5.99. The van der Waals surface area contributed by atoms with E-state index in [2.05, 4.69) is 134 Å². The Bertz CT molecular complexity index is 2300. The third kappa shape index (κ3) is 4.05. The van der Waals surface area contributed by atoms with Crippen LogP contribution in [0.3, 0.4) is 0 Å². The van der Waals surface area contributed by atoms with Gasteiger partial charge in [0.2, 0.25) is 0 Å². The molecule has 7 aromatic rings. The van der Waals surface area contributed by atoms with Crippen molar-refractivity contribution in [1.82, 2.24) is 0 Å². The van der Waals surface area contributed by atoms with Crippen LogP contribution in [0.25, 0.3) is 33.0 Å². The summed E-state index contributed by atoms with van der Waals surface area (Å²) >= 11 is 0. The normalized spacial score (nSPS) is 13.5. The highest BCUT2D eigenvalue weighted by Crippen LogP contribution is 2.52. The Labute approximate surface area is 268 Å². The first-order chi connectivity index (χ1) is 22.6. The van der Waals surface area contributed by atoms with Crippen molar-refractivity contribution in [3.05, 3.63) is 163 Å². The number of hydrogen-bond acceptors (Lipinski definition) is 3. The summed E-state index contributed by atoms with van der Waals surface area (Å²) in [4.78, 5) is 2.39. The summed E-state index contributed by atoms with van der Waals surface area (Å²) in [5, 5.41) is 2.42. The zero-order valence-electron chi connectivity index (χ0n) is 25.7. The molecule has 3 nitrogen and oxygen atoms in total. The lowest BCUT2D eigenvalue weighted by Gasteiger charge is -2.29. The Morgan fingerprint density at radius 2 is 1.11 bits per heavy atom. The quantitative estimate of drug-likeness (QED) is 0.203. The molecule has 0 radical (unpaired) electrons. The first-order valence-electron chi connectivity index (χ1n) is 15.8. The first-order valence-corrected chi connectivity index (χ1v) is 15.8. The Hall–Kier alpha value is -5.80. The average molecular weight is 594 g/mol. The highest BCUT2D eigenvalue weighted by atomic mass is 16.6. The summed E-state index contributed by atoms with van der Waals surface area (Å²) in [6.45, 7) is 4.67. The molecule has 1 aliphatic carbocycles. The van der Waals surface area contributed by atoms with Gasteiger partial charge in [0.1, 0.15) is 0 Å². The minimum Gasteiger partial charge on any atom is -0.449 e. The van der Waals surface area contributed by atoms with E-state index >= 15 is 0 Å². The number of fused-ring (bicyclic) bond motifs is 6. The van der Waals surface area contributed by atoms with Crippen LogP contribution in [0.5, 0.6) is 23.0 Å². The molecule has 0 atom stereocenters. The molecular formula is C43H31NO2. The van der Waals surface area contributed by atoms with Crippen molar-refractivity contribution in [2.24, 2.45) is 0 Å². The summed E-state index contributed by atoms with van der Waals surface area (Å²) in [5.41, 5.74) is 10.7. The molecule has 2 aliphatic rings. The SMILES string of the molecule is CC1(C)c2ccccc2-c2ccc(N(c3ccc(-c4cccc5c4Oc4ccccc4O5)cc3)c3cccc4ccccc34)cc21. The summed E-state index contributed by atoms with van der Waals surface area (Å²) in [7, 11) is 0. The number of anilines is 3. The van der Waals surface area contributed by atoms with Crippen molar-refractivity contribution in [3.8, 4) is 45.3 Å². The smallest absolute Gasteiger partial charge is 0.177 e. The van der Waals surface area contributed by atoms with Crippen molar-refractivity contribution in [3.63, 3.8) is 0 Å². The van der Waals surface area contributed by atoms with Crippen molar-refractivity contribution >= 4 is 27.8 Å². The lowest BCUT2D eigenvalue weighted by atomic mass is 9.82. The Morgan fingerprint density at radius 3 is 1.98 bits per heavy atom. The fourth-order valence-corrected chi connectivity index (χ4v) is 7.23. The van der Waals surface area contributed by atoms with Crippen molar-refractivity contribution in [1.29, 1.82) is 0 Å². The van der Waals surface area contributed by atoms with Crippen LogP contribution in [0.4, 0.5) is 17.1 Å². The van der Waals surface area contributed by atoms with Gasteiger partial charge in [0.25, 0.3) is 0 Å². The maximum absolute atomic E-state index is 6.38. The second-order valence-electron chi connectivity index (χ2n) is 12.6. The summed E-state index contributed by atoms with van der Waals surface area (Å²) in [6.07, 6.45) is 0. The van der Waals surface area contributed by atoms with E-state index in [1.54, 1.807) is 0 Å². The number of hydrogen-bond donors (Lipinski definition) is 0. The van der Waals surface area contributed by atoms with Gasteiger partial charge in [0.05, 0.1) is 5.69 Å². The number of nitrogens with zero attached hydrogens (tertiary/aromatic N) is 1. The summed E-state index contributed by atoms with van der Waals surface area (Å²) < 4.78 is 12.6. The molecule has 0 unspecified atom stereocenters. The van der Waals surface area contributed by atoms with E-state index in [9.17, 15) is 0 Å². The van der Waals surface area contributed by atoms with Crippen LogP contribution in [-0.2, 0) is 5.41 Å². The third-order valence-corrected chi connectivity index (χ3v) is 9.53. The van der Waals surface area contributed by atoms with Crippen molar-refractivity contribution in [2.45, 2.75) is 19.3 Å². The molecule has 0 N–H and O–H groups in total. The number of rotatable bonds is 4. The zero-order valence-corrected chi connectivity index (χ0v) is 25.7. The molecule has 1 aliphatic heterocycles. The minimum absolute atomic E-state index is 0.0939. The topological polar surface area (TPSA) is 21.7 Å². The van der Waals surface area contributed by atoms with Crippen LogP contribution >= 0.6 is 0 Å². The predicted molar refractivity (Wildman–Crippen MR) is 188 cm³/mol. The Balaban J connectivity index is 1.18.